The number of aryl methyl sites for hydroxylation is 3. The Morgan fingerprint density at radius 2 is 2.00 bits per heavy atom. The Kier molecular flexibility index (Phi) is 3.73. The maximum Gasteiger partial charge on any atom is 0.240 e. The first-order valence-corrected chi connectivity index (χ1v) is 8.37. The molecule has 1 heterocycles. The van der Waals surface area contributed by atoms with Gasteiger partial charge in [0.2, 0.25) is 10.0 Å². The van der Waals surface area contributed by atoms with Crippen LogP contribution in [0.15, 0.2) is 23.1 Å². The van der Waals surface area contributed by atoms with Gasteiger partial charge in [-0.15, -0.1) is 5.10 Å². The molecule has 0 saturated heterocycles. The topological polar surface area (TPSA) is 89.8 Å². The van der Waals surface area contributed by atoms with Crippen LogP contribution < -0.4 is 4.72 Å². The van der Waals surface area contributed by atoms with Crippen LogP contribution in [0.2, 0.25) is 0 Å². The second-order valence-corrected chi connectivity index (χ2v) is 6.95. The molecule has 0 radical (unpaired) electrons. The highest BCUT2D eigenvalue weighted by Gasteiger charge is 2.18. The molecule has 0 fully saturated rings. The van der Waals surface area contributed by atoms with Crippen molar-refractivity contribution in [2.45, 2.75) is 37.1 Å². The summed E-state index contributed by atoms with van der Waals surface area (Å²) in [7, 11) is -1.88. The Hall–Kier alpha value is -1.80. The van der Waals surface area contributed by atoms with Crippen molar-refractivity contribution < 1.29 is 8.42 Å². The molecule has 0 spiro atoms. The monoisotopic (exact) mass is 307 g/mol. The van der Waals surface area contributed by atoms with Crippen LogP contribution in [0.25, 0.3) is 0 Å². The maximum atomic E-state index is 12.3. The van der Waals surface area contributed by atoms with Crippen LogP contribution in [0.1, 0.15) is 29.8 Å². The first-order chi connectivity index (χ1) is 10.1. The number of nitrogens with zero attached hydrogens (tertiary/aromatic N) is 4. The van der Waals surface area contributed by atoms with Gasteiger partial charge in [0.15, 0.2) is 5.82 Å². The number of aromatic nitrogens is 4. The molecule has 1 aromatic heterocycles. The first kappa shape index (κ1) is 14.2. The lowest BCUT2D eigenvalue weighted by atomic mass is 9.92. The zero-order valence-electron chi connectivity index (χ0n) is 11.8. The third-order valence-corrected chi connectivity index (χ3v) is 5.16. The minimum Gasteiger partial charge on any atom is -0.231 e. The Morgan fingerprint density at radius 3 is 2.71 bits per heavy atom. The van der Waals surface area contributed by atoms with Crippen molar-refractivity contribution in [3.05, 3.63) is 35.2 Å². The highest BCUT2D eigenvalue weighted by molar-refractivity contribution is 7.89. The van der Waals surface area contributed by atoms with E-state index in [1.54, 1.807) is 19.2 Å². The third kappa shape index (κ3) is 2.96. The maximum absolute atomic E-state index is 12.3. The smallest absolute Gasteiger partial charge is 0.231 e. The Balaban J connectivity index is 1.80. The predicted molar refractivity (Wildman–Crippen MR) is 75.9 cm³/mol. The van der Waals surface area contributed by atoms with Gasteiger partial charge in [0.05, 0.1) is 11.4 Å². The molecule has 0 saturated carbocycles. The number of fused-ring (bicyclic) bond motifs is 1. The molecule has 1 N–H and O–H groups in total. The lowest BCUT2D eigenvalue weighted by Gasteiger charge is -2.16. The summed E-state index contributed by atoms with van der Waals surface area (Å²) < 4.78 is 28.6. The van der Waals surface area contributed by atoms with Crippen LogP contribution in [0.3, 0.4) is 0 Å². The van der Waals surface area contributed by atoms with E-state index < -0.39 is 10.0 Å². The largest absolute Gasteiger partial charge is 0.240 e. The fraction of sp³-hybridized carbons (Fsp3) is 0.462. The van der Waals surface area contributed by atoms with Crippen molar-refractivity contribution in [3.63, 3.8) is 0 Å². The Morgan fingerprint density at radius 1 is 1.24 bits per heavy atom. The zero-order valence-corrected chi connectivity index (χ0v) is 12.6. The van der Waals surface area contributed by atoms with Crippen molar-refractivity contribution in [2.75, 3.05) is 0 Å². The average molecular weight is 307 g/mol. The Bertz CT molecular complexity index is 754. The quantitative estimate of drug-likeness (QED) is 0.892. The van der Waals surface area contributed by atoms with Gasteiger partial charge in [-0.3, -0.25) is 0 Å². The predicted octanol–water partition coefficient (Wildman–Crippen LogP) is 0.567. The molecule has 1 aromatic carbocycles. The second-order valence-electron chi connectivity index (χ2n) is 5.18. The van der Waals surface area contributed by atoms with E-state index in [2.05, 4.69) is 20.2 Å². The van der Waals surface area contributed by atoms with Crippen molar-refractivity contribution in [2.24, 2.45) is 7.05 Å². The molecule has 0 bridgehead atoms. The minimum absolute atomic E-state index is 0.0723. The van der Waals surface area contributed by atoms with E-state index in [4.69, 9.17) is 0 Å². The van der Waals surface area contributed by atoms with Gasteiger partial charge in [-0.25, -0.2) is 17.8 Å². The molecule has 3 rings (SSSR count). The van der Waals surface area contributed by atoms with Gasteiger partial charge in [-0.1, -0.05) is 6.07 Å². The van der Waals surface area contributed by atoms with E-state index in [9.17, 15) is 8.42 Å². The van der Waals surface area contributed by atoms with Gasteiger partial charge in [0.25, 0.3) is 0 Å². The van der Waals surface area contributed by atoms with Gasteiger partial charge in [0, 0.05) is 7.05 Å². The number of tetrazole rings is 1. The van der Waals surface area contributed by atoms with Crippen molar-refractivity contribution >= 4 is 10.0 Å². The molecule has 112 valence electrons. The molecule has 2 aromatic rings. The standard InChI is InChI=1S/C13H17N5O2S/c1-18-13(15-16-17-18)9-14-21(19,20)12-7-6-10-4-2-3-5-11(10)8-12/h6-8,14H,2-5,9H2,1H3. The highest BCUT2D eigenvalue weighted by atomic mass is 32.2. The first-order valence-electron chi connectivity index (χ1n) is 6.89. The third-order valence-electron chi connectivity index (χ3n) is 3.76. The lowest BCUT2D eigenvalue weighted by molar-refractivity contribution is 0.574. The van der Waals surface area contributed by atoms with E-state index in [1.165, 1.54) is 16.7 Å². The molecule has 0 amide bonds. The van der Waals surface area contributed by atoms with Crippen LogP contribution in [0, 0.1) is 0 Å². The molecule has 7 nitrogen and oxygen atoms in total. The summed E-state index contributed by atoms with van der Waals surface area (Å²) in [4.78, 5) is 0.304. The molecule has 21 heavy (non-hydrogen) atoms. The summed E-state index contributed by atoms with van der Waals surface area (Å²) in [5.41, 5.74) is 2.40. The molecule has 0 atom stereocenters. The molecule has 0 aliphatic heterocycles. The number of hydrogen-bond donors (Lipinski definition) is 1. The van der Waals surface area contributed by atoms with Crippen LogP contribution in [-0.2, 0) is 36.5 Å². The fourth-order valence-corrected chi connectivity index (χ4v) is 3.55. The van der Waals surface area contributed by atoms with Gasteiger partial charge in [-0.2, -0.15) is 0 Å². The van der Waals surface area contributed by atoms with Crippen molar-refractivity contribution in [3.8, 4) is 0 Å². The Labute approximate surface area is 123 Å². The van der Waals surface area contributed by atoms with Gasteiger partial charge in [0.1, 0.15) is 0 Å². The number of sulfonamides is 1. The van der Waals surface area contributed by atoms with Crippen LogP contribution in [-0.4, -0.2) is 28.6 Å². The van der Waals surface area contributed by atoms with Crippen LogP contribution in [0.4, 0.5) is 0 Å². The van der Waals surface area contributed by atoms with Gasteiger partial charge >= 0.3 is 0 Å². The minimum atomic E-state index is -3.55. The number of benzene rings is 1. The summed E-state index contributed by atoms with van der Waals surface area (Å²) >= 11 is 0. The molecular formula is C13H17N5O2S. The second kappa shape index (κ2) is 5.53. The SMILES string of the molecule is Cn1nnnc1CNS(=O)(=O)c1ccc2c(c1)CCCC2. The van der Waals surface area contributed by atoms with Crippen LogP contribution in [0.5, 0.6) is 0 Å². The van der Waals surface area contributed by atoms with E-state index in [0.717, 1.165) is 24.8 Å². The summed E-state index contributed by atoms with van der Waals surface area (Å²) in [6, 6.07) is 5.38. The molecule has 0 unspecified atom stereocenters. The summed E-state index contributed by atoms with van der Waals surface area (Å²) in [5, 5.41) is 10.9. The molecular weight excluding hydrogens is 290 g/mol. The van der Waals surface area contributed by atoms with Crippen molar-refractivity contribution in [1.29, 1.82) is 0 Å². The van der Waals surface area contributed by atoms with E-state index >= 15 is 0 Å². The van der Waals surface area contributed by atoms with Gasteiger partial charge in [-0.05, 0) is 59.4 Å². The summed E-state index contributed by atoms with van der Waals surface area (Å²) in [5.74, 6) is 0.469. The molecule has 8 heteroatoms. The normalized spacial score (nSPS) is 14.9. The van der Waals surface area contributed by atoms with Crippen molar-refractivity contribution in [1.82, 2.24) is 24.9 Å². The van der Waals surface area contributed by atoms with Crippen LogP contribution >= 0.6 is 0 Å². The van der Waals surface area contributed by atoms with E-state index in [1.807, 2.05) is 6.07 Å². The average Bonchev–Trinajstić information content (AvgIpc) is 2.90. The number of hydrogen-bond acceptors (Lipinski definition) is 5. The summed E-state index contributed by atoms with van der Waals surface area (Å²) in [6.07, 6.45) is 4.28. The van der Waals surface area contributed by atoms with E-state index in [-0.39, 0.29) is 6.54 Å². The molecule has 1 aliphatic rings. The summed E-state index contributed by atoms with van der Waals surface area (Å²) in [6.45, 7) is 0.0723. The number of rotatable bonds is 4. The fourth-order valence-electron chi connectivity index (χ4n) is 2.52. The molecule has 1 aliphatic carbocycles. The lowest BCUT2D eigenvalue weighted by Crippen LogP contribution is -2.25. The highest BCUT2D eigenvalue weighted by Crippen LogP contribution is 2.24. The van der Waals surface area contributed by atoms with Gasteiger partial charge < -0.3 is 0 Å². The van der Waals surface area contributed by atoms with E-state index in [0.29, 0.717) is 10.7 Å². The zero-order chi connectivity index (χ0) is 14.9. The number of nitrogens with one attached hydrogen (secondary N) is 1.